The Morgan fingerprint density at radius 1 is 1.38 bits per heavy atom. The number of hydrogen-bond donors (Lipinski definition) is 0. The molecule has 2 aromatic rings. The van der Waals surface area contributed by atoms with Crippen LogP contribution in [0.5, 0.6) is 0 Å². The molecule has 2 heterocycles. The number of pyridine rings is 1. The minimum atomic E-state index is 0.165. The Morgan fingerprint density at radius 2 is 2.12 bits per heavy atom. The Bertz CT molecular complexity index is 528. The number of Topliss-reactive ketones (excluding diaryl/α,β-unsaturated/α-hetero) is 1. The predicted molar refractivity (Wildman–Crippen MR) is 61.5 cm³/mol. The van der Waals surface area contributed by atoms with E-state index in [0.717, 1.165) is 17.0 Å². The van der Waals surface area contributed by atoms with Gasteiger partial charge in [-0.05, 0) is 18.6 Å². The molecule has 0 amide bonds. The molecule has 84 valence electrons. The van der Waals surface area contributed by atoms with E-state index in [1.165, 1.54) is 0 Å². The van der Waals surface area contributed by atoms with Crippen molar-refractivity contribution in [3.8, 4) is 0 Å². The third-order valence-electron chi connectivity index (χ3n) is 2.46. The maximum Gasteiger partial charge on any atom is 0.160 e. The van der Waals surface area contributed by atoms with Crippen LogP contribution in [0.1, 0.15) is 38.1 Å². The van der Waals surface area contributed by atoms with Crippen LogP contribution in [0.15, 0.2) is 18.3 Å². The van der Waals surface area contributed by atoms with E-state index in [2.05, 4.69) is 24.0 Å². The minimum Gasteiger partial charge on any atom is -0.300 e. The van der Waals surface area contributed by atoms with Gasteiger partial charge in [0.2, 0.25) is 0 Å². The summed E-state index contributed by atoms with van der Waals surface area (Å²) in [4.78, 5) is 11.1. The summed E-state index contributed by atoms with van der Waals surface area (Å²) < 4.78 is 1.96. The van der Waals surface area contributed by atoms with E-state index < -0.39 is 0 Å². The highest BCUT2D eigenvalue weighted by Crippen LogP contribution is 2.14. The second-order valence-electron chi connectivity index (χ2n) is 4.36. The van der Waals surface area contributed by atoms with Crippen molar-refractivity contribution in [3.05, 3.63) is 29.7 Å². The largest absolute Gasteiger partial charge is 0.300 e. The SMILES string of the molecule is CC(=O)Cc1ccc2nnc(C(C)C)n2c1. The molecule has 4 nitrogen and oxygen atoms in total. The molecule has 0 atom stereocenters. The summed E-state index contributed by atoms with van der Waals surface area (Å²) in [5, 5.41) is 8.23. The standard InChI is InChI=1S/C12H15N3O/c1-8(2)12-14-13-11-5-4-10(6-9(3)16)7-15(11)12/h4-5,7-8H,6H2,1-3H3. The summed E-state index contributed by atoms with van der Waals surface area (Å²) in [5.74, 6) is 1.42. The molecule has 0 aliphatic carbocycles. The minimum absolute atomic E-state index is 0.165. The van der Waals surface area contributed by atoms with Gasteiger partial charge in [0.1, 0.15) is 11.6 Å². The highest BCUT2D eigenvalue weighted by molar-refractivity contribution is 5.78. The van der Waals surface area contributed by atoms with Crippen LogP contribution in [-0.4, -0.2) is 20.4 Å². The predicted octanol–water partition coefficient (Wildman–Crippen LogP) is 1.98. The van der Waals surface area contributed by atoms with Crippen LogP contribution in [0.25, 0.3) is 5.65 Å². The number of nitrogens with zero attached hydrogens (tertiary/aromatic N) is 3. The van der Waals surface area contributed by atoms with Gasteiger partial charge >= 0.3 is 0 Å². The molecule has 0 saturated carbocycles. The highest BCUT2D eigenvalue weighted by atomic mass is 16.1. The third-order valence-corrected chi connectivity index (χ3v) is 2.46. The number of carbonyl (C=O) groups excluding carboxylic acids is 1. The fourth-order valence-electron chi connectivity index (χ4n) is 1.74. The van der Waals surface area contributed by atoms with Gasteiger partial charge in [-0.25, -0.2) is 0 Å². The number of aromatic nitrogens is 3. The molecule has 0 N–H and O–H groups in total. The van der Waals surface area contributed by atoms with Crippen molar-refractivity contribution < 1.29 is 4.79 Å². The third kappa shape index (κ3) is 1.96. The van der Waals surface area contributed by atoms with E-state index in [-0.39, 0.29) is 5.78 Å². The number of ketones is 1. The topological polar surface area (TPSA) is 47.3 Å². The Labute approximate surface area is 94.3 Å². The summed E-state index contributed by atoms with van der Waals surface area (Å²) in [5.41, 5.74) is 1.83. The van der Waals surface area contributed by atoms with Crippen molar-refractivity contribution >= 4 is 11.4 Å². The van der Waals surface area contributed by atoms with Gasteiger partial charge in [0, 0.05) is 18.5 Å². The molecule has 0 spiro atoms. The van der Waals surface area contributed by atoms with Gasteiger partial charge in [-0.2, -0.15) is 0 Å². The lowest BCUT2D eigenvalue weighted by Gasteiger charge is -2.04. The lowest BCUT2D eigenvalue weighted by Crippen LogP contribution is -2.01. The average Bonchev–Trinajstić information content (AvgIpc) is 2.59. The molecular weight excluding hydrogens is 202 g/mol. The Morgan fingerprint density at radius 3 is 2.75 bits per heavy atom. The van der Waals surface area contributed by atoms with E-state index in [1.54, 1.807) is 6.92 Å². The Hall–Kier alpha value is -1.71. The summed E-state index contributed by atoms with van der Waals surface area (Å²) in [7, 11) is 0. The molecular formula is C12H15N3O. The summed E-state index contributed by atoms with van der Waals surface area (Å²) in [6.07, 6.45) is 2.41. The van der Waals surface area contributed by atoms with E-state index >= 15 is 0 Å². The lowest BCUT2D eigenvalue weighted by molar-refractivity contribution is -0.116. The normalized spacial score (nSPS) is 11.2. The zero-order valence-corrected chi connectivity index (χ0v) is 9.77. The van der Waals surface area contributed by atoms with Crippen LogP contribution < -0.4 is 0 Å². The second-order valence-corrected chi connectivity index (χ2v) is 4.36. The first-order chi connectivity index (χ1) is 7.58. The number of hydrogen-bond acceptors (Lipinski definition) is 3. The van der Waals surface area contributed by atoms with E-state index in [4.69, 9.17) is 0 Å². The number of rotatable bonds is 3. The van der Waals surface area contributed by atoms with Gasteiger partial charge in [0.05, 0.1) is 0 Å². The molecule has 0 aliphatic rings. The number of fused-ring (bicyclic) bond motifs is 1. The summed E-state index contributed by atoms with van der Waals surface area (Å²) in [6.45, 7) is 5.75. The van der Waals surface area contributed by atoms with Gasteiger partial charge in [-0.15, -0.1) is 10.2 Å². The molecule has 16 heavy (non-hydrogen) atoms. The zero-order valence-electron chi connectivity index (χ0n) is 9.77. The Balaban J connectivity index is 2.50. The second kappa shape index (κ2) is 4.04. The molecule has 2 rings (SSSR count). The zero-order chi connectivity index (χ0) is 11.7. The van der Waals surface area contributed by atoms with Crippen molar-refractivity contribution in [1.29, 1.82) is 0 Å². The van der Waals surface area contributed by atoms with Gasteiger partial charge in [0.25, 0.3) is 0 Å². The first-order valence-electron chi connectivity index (χ1n) is 5.41. The van der Waals surface area contributed by atoms with Crippen molar-refractivity contribution in [2.24, 2.45) is 0 Å². The van der Waals surface area contributed by atoms with Crippen LogP contribution >= 0.6 is 0 Å². The molecule has 0 aromatic carbocycles. The molecule has 0 aliphatic heterocycles. The molecule has 2 aromatic heterocycles. The van der Waals surface area contributed by atoms with E-state index in [1.807, 2.05) is 22.7 Å². The molecule has 0 fully saturated rings. The molecule has 0 unspecified atom stereocenters. The monoisotopic (exact) mass is 217 g/mol. The highest BCUT2D eigenvalue weighted by Gasteiger charge is 2.09. The van der Waals surface area contributed by atoms with Gasteiger partial charge in [0.15, 0.2) is 5.65 Å². The van der Waals surface area contributed by atoms with Crippen LogP contribution in [-0.2, 0) is 11.2 Å². The van der Waals surface area contributed by atoms with Gasteiger partial charge in [-0.1, -0.05) is 19.9 Å². The maximum atomic E-state index is 11.1. The van der Waals surface area contributed by atoms with Gasteiger partial charge in [-0.3, -0.25) is 9.20 Å². The molecule has 0 saturated heterocycles. The van der Waals surface area contributed by atoms with Gasteiger partial charge < -0.3 is 0 Å². The number of carbonyl (C=O) groups is 1. The fourth-order valence-corrected chi connectivity index (χ4v) is 1.74. The van der Waals surface area contributed by atoms with E-state index in [9.17, 15) is 4.79 Å². The smallest absolute Gasteiger partial charge is 0.160 e. The molecule has 0 bridgehead atoms. The first-order valence-corrected chi connectivity index (χ1v) is 5.41. The maximum absolute atomic E-state index is 11.1. The van der Waals surface area contributed by atoms with E-state index in [0.29, 0.717) is 12.3 Å². The van der Waals surface area contributed by atoms with Crippen molar-refractivity contribution in [2.75, 3.05) is 0 Å². The lowest BCUT2D eigenvalue weighted by atomic mass is 10.1. The quantitative estimate of drug-likeness (QED) is 0.789. The van der Waals surface area contributed by atoms with Crippen LogP contribution in [0.3, 0.4) is 0 Å². The van der Waals surface area contributed by atoms with Crippen molar-refractivity contribution in [3.63, 3.8) is 0 Å². The fraction of sp³-hybridized carbons (Fsp3) is 0.417. The molecule has 0 radical (unpaired) electrons. The van der Waals surface area contributed by atoms with Crippen LogP contribution in [0, 0.1) is 0 Å². The first kappa shape index (κ1) is 10.8. The van der Waals surface area contributed by atoms with Crippen molar-refractivity contribution in [2.45, 2.75) is 33.1 Å². The molecule has 4 heteroatoms. The Kier molecular flexibility index (Phi) is 2.73. The summed E-state index contributed by atoms with van der Waals surface area (Å²) >= 11 is 0. The van der Waals surface area contributed by atoms with Crippen LogP contribution in [0.2, 0.25) is 0 Å². The average molecular weight is 217 g/mol. The summed E-state index contributed by atoms with van der Waals surface area (Å²) in [6, 6.07) is 3.83. The van der Waals surface area contributed by atoms with Crippen LogP contribution in [0.4, 0.5) is 0 Å². The van der Waals surface area contributed by atoms with Crippen molar-refractivity contribution in [1.82, 2.24) is 14.6 Å².